The molecule has 10 heavy (non-hydrogen) atoms. The van der Waals surface area contributed by atoms with E-state index in [1.807, 2.05) is 0 Å². The molecule has 2 nitrogen and oxygen atoms in total. The van der Waals surface area contributed by atoms with Crippen LogP contribution in [0.5, 0.6) is 0 Å². The molecule has 2 aliphatic rings. The summed E-state index contributed by atoms with van der Waals surface area (Å²) in [5.41, 5.74) is 0. The van der Waals surface area contributed by atoms with E-state index in [0.29, 0.717) is 0 Å². The molecule has 0 aromatic rings. The lowest BCUT2D eigenvalue weighted by Crippen LogP contribution is -2.32. The van der Waals surface area contributed by atoms with E-state index < -0.39 is 0 Å². The minimum absolute atomic E-state index is 0.189. The Labute approximate surface area is 61.5 Å². The highest BCUT2D eigenvalue weighted by Gasteiger charge is 2.37. The highest BCUT2D eigenvalue weighted by Crippen LogP contribution is 2.34. The Balaban J connectivity index is 1.98. The minimum atomic E-state index is -0.189. The van der Waals surface area contributed by atoms with Gasteiger partial charge in [0.05, 0.1) is 13.2 Å². The van der Waals surface area contributed by atoms with E-state index in [2.05, 4.69) is 6.42 Å². The van der Waals surface area contributed by atoms with Gasteiger partial charge in [-0.15, -0.1) is 0 Å². The summed E-state index contributed by atoms with van der Waals surface area (Å²) in [6.07, 6.45) is 7.35. The van der Waals surface area contributed by atoms with E-state index >= 15 is 0 Å². The van der Waals surface area contributed by atoms with Gasteiger partial charge in [0.2, 0.25) is 0 Å². The Kier molecular flexibility index (Phi) is 1.66. The lowest BCUT2D eigenvalue weighted by atomic mass is 9.94. The Bertz CT molecular complexity index is 108. The van der Waals surface area contributed by atoms with Gasteiger partial charge in [0.25, 0.3) is 0 Å². The third kappa shape index (κ3) is 1.06. The van der Waals surface area contributed by atoms with Crippen molar-refractivity contribution in [2.75, 3.05) is 13.2 Å². The van der Waals surface area contributed by atoms with Crippen LogP contribution in [0.2, 0.25) is 0 Å². The molecular formula is C8H12O2. The van der Waals surface area contributed by atoms with E-state index in [-0.39, 0.29) is 5.79 Å². The minimum Gasteiger partial charge on any atom is -0.348 e. The van der Waals surface area contributed by atoms with Crippen molar-refractivity contribution < 1.29 is 9.47 Å². The molecule has 1 heterocycles. The van der Waals surface area contributed by atoms with Crippen LogP contribution in [-0.2, 0) is 9.47 Å². The van der Waals surface area contributed by atoms with Crippen LogP contribution in [0.4, 0.5) is 0 Å². The number of ether oxygens (including phenoxy) is 2. The average Bonchev–Trinajstić information content (AvgIpc) is 2.39. The van der Waals surface area contributed by atoms with Crippen LogP contribution in [0.3, 0.4) is 0 Å². The Morgan fingerprint density at radius 3 is 2.20 bits per heavy atom. The van der Waals surface area contributed by atoms with Crippen molar-refractivity contribution in [3.05, 3.63) is 6.42 Å². The smallest absolute Gasteiger partial charge is 0.168 e. The molecular weight excluding hydrogens is 128 g/mol. The summed E-state index contributed by atoms with van der Waals surface area (Å²) in [5, 5.41) is 0. The summed E-state index contributed by atoms with van der Waals surface area (Å²) >= 11 is 0. The van der Waals surface area contributed by atoms with Gasteiger partial charge in [0.1, 0.15) is 0 Å². The molecule has 0 aromatic carbocycles. The monoisotopic (exact) mass is 140 g/mol. The van der Waals surface area contributed by atoms with Gasteiger partial charge >= 0.3 is 0 Å². The third-order valence-electron chi connectivity index (χ3n) is 2.18. The second-order valence-electron chi connectivity index (χ2n) is 2.86. The van der Waals surface area contributed by atoms with Gasteiger partial charge in [-0.2, -0.15) is 0 Å². The second kappa shape index (κ2) is 2.51. The van der Waals surface area contributed by atoms with E-state index in [1.165, 1.54) is 0 Å². The third-order valence-corrected chi connectivity index (χ3v) is 2.18. The molecule has 1 aliphatic carbocycles. The second-order valence-corrected chi connectivity index (χ2v) is 2.86. The summed E-state index contributed by atoms with van der Waals surface area (Å²) in [5.74, 6) is -0.189. The average molecular weight is 140 g/mol. The quantitative estimate of drug-likeness (QED) is 0.506. The van der Waals surface area contributed by atoms with Crippen LogP contribution in [0.1, 0.15) is 25.7 Å². The van der Waals surface area contributed by atoms with Crippen LogP contribution in [0, 0.1) is 6.42 Å². The summed E-state index contributed by atoms with van der Waals surface area (Å²) in [4.78, 5) is 0. The molecule has 2 heteroatoms. The zero-order valence-corrected chi connectivity index (χ0v) is 6.06. The molecule has 1 spiro atoms. The van der Waals surface area contributed by atoms with Crippen molar-refractivity contribution in [1.82, 2.24) is 0 Å². The normalized spacial score (nSPS) is 31.2. The number of hydrogen-bond acceptors (Lipinski definition) is 2. The van der Waals surface area contributed by atoms with Crippen LogP contribution in [0.25, 0.3) is 0 Å². The molecule has 2 rings (SSSR count). The van der Waals surface area contributed by atoms with E-state index in [0.717, 1.165) is 38.9 Å². The Morgan fingerprint density at radius 1 is 1.00 bits per heavy atom. The van der Waals surface area contributed by atoms with Crippen LogP contribution >= 0.6 is 0 Å². The maximum atomic E-state index is 5.52. The molecule has 0 aromatic heterocycles. The highest BCUT2D eigenvalue weighted by molar-refractivity contribution is 4.85. The number of rotatable bonds is 0. The highest BCUT2D eigenvalue weighted by atomic mass is 16.7. The molecule has 1 saturated heterocycles. The van der Waals surface area contributed by atoms with E-state index in [1.54, 1.807) is 0 Å². The number of hydrogen-bond donors (Lipinski definition) is 0. The molecule has 1 saturated carbocycles. The first-order chi connectivity index (χ1) is 4.91. The molecule has 0 amide bonds. The molecule has 0 unspecified atom stereocenters. The van der Waals surface area contributed by atoms with E-state index in [4.69, 9.17) is 9.47 Å². The molecule has 0 atom stereocenters. The largest absolute Gasteiger partial charge is 0.348 e. The van der Waals surface area contributed by atoms with Gasteiger partial charge in [0, 0.05) is 12.8 Å². The van der Waals surface area contributed by atoms with Crippen molar-refractivity contribution in [1.29, 1.82) is 0 Å². The molecule has 2 fully saturated rings. The predicted molar refractivity (Wildman–Crippen MR) is 36.3 cm³/mol. The van der Waals surface area contributed by atoms with Crippen molar-refractivity contribution in [2.45, 2.75) is 31.5 Å². The van der Waals surface area contributed by atoms with Gasteiger partial charge < -0.3 is 9.47 Å². The van der Waals surface area contributed by atoms with Crippen molar-refractivity contribution in [3.8, 4) is 0 Å². The zero-order valence-electron chi connectivity index (χ0n) is 6.06. The zero-order chi connectivity index (χ0) is 6.86. The molecule has 0 bridgehead atoms. The fourth-order valence-corrected chi connectivity index (χ4v) is 1.59. The van der Waals surface area contributed by atoms with Crippen LogP contribution in [0.15, 0.2) is 0 Å². The molecule has 1 aliphatic heterocycles. The van der Waals surface area contributed by atoms with Gasteiger partial charge in [-0.1, -0.05) is 0 Å². The first-order valence-corrected chi connectivity index (χ1v) is 3.90. The van der Waals surface area contributed by atoms with Crippen molar-refractivity contribution in [2.24, 2.45) is 0 Å². The fraction of sp³-hybridized carbons (Fsp3) is 0.875. The molecule has 2 radical (unpaired) electrons. The lowest BCUT2D eigenvalue weighted by molar-refractivity contribution is -0.172. The van der Waals surface area contributed by atoms with Crippen molar-refractivity contribution >= 4 is 0 Å². The Hall–Kier alpha value is -0.0800. The molecule has 56 valence electrons. The molecule has 0 N–H and O–H groups in total. The van der Waals surface area contributed by atoms with Gasteiger partial charge in [-0.25, -0.2) is 0 Å². The lowest BCUT2D eigenvalue weighted by Gasteiger charge is -2.30. The maximum Gasteiger partial charge on any atom is 0.168 e. The van der Waals surface area contributed by atoms with E-state index in [9.17, 15) is 0 Å². The predicted octanol–water partition coefficient (Wildman–Crippen LogP) is 1.38. The standard InChI is InChI=1S/C8H12O2/c1-2-4-8(5-3-1)9-6-7-10-8/h2-7H2. The summed E-state index contributed by atoms with van der Waals surface area (Å²) in [7, 11) is 0. The van der Waals surface area contributed by atoms with Crippen LogP contribution < -0.4 is 0 Å². The fourth-order valence-electron chi connectivity index (χ4n) is 1.59. The summed E-state index contributed by atoms with van der Waals surface area (Å²) in [6.45, 7) is 1.56. The Morgan fingerprint density at radius 2 is 1.60 bits per heavy atom. The van der Waals surface area contributed by atoms with Gasteiger partial charge in [-0.05, 0) is 19.3 Å². The van der Waals surface area contributed by atoms with Crippen molar-refractivity contribution in [3.63, 3.8) is 0 Å². The topological polar surface area (TPSA) is 18.5 Å². The maximum absolute atomic E-state index is 5.52. The van der Waals surface area contributed by atoms with Crippen LogP contribution in [-0.4, -0.2) is 19.0 Å². The first-order valence-electron chi connectivity index (χ1n) is 3.90. The first kappa shape index (κ1) is 6.62. The summed E-state index contributed by atoms with van der Waals surface area (Å²) < 4.78 is 11.0. The van der Waals surface area contributed by atoms with Gasteiger partial charge in [0.15, 0.2) is 5.79 Å². The van der Waals surface area contributed by atoms with Gasteiger partial charge in [-0.3, -0.25) is 0 Å². The SMILES string of the molecule is [C]1CCC2(CC1)OCCO2. The summed E-state index contributed by atoms with van der Waals surface area (Å²) in [6, 6.07) is 0.